The van der Waals surface area contributed by atoms with Gasteiger partial charge in [0, 0.05) is 0 Å². The molecule has 2 rings (SSSR count). The molecule has 2 atom stereocenters. The van der Waals surface area contributed by atoms with Crippen molar-refractivity contribution in [2.45, 2.75) is 39.7 Å². The molecule has 0 aliphatic carbocycles. The number of piperidine rings is 1. The molecule has 0 saturated carbocycles. The van der Waals surface area contributed by atoms with E-state index in [0.717, 1.165) is 24.1 Å². The van der Waals surface area contributed by atoms with E-state index in [0.29, 0.717) is 0 Å². The molecule has 1 heterocycles. The van der Waals surface area contributed by atoms with Gasteiger partial charge in [0.25, 0.3) is 0 Å². The molecule has 2 unspecified atom stereocenters. The maximum atomic E-state index is 5.67. The highest BCUT2D eigenvalue weighted by Crippen LogP contribution is 2.23. The van der Waals surface area contributed by atoms with Gasteiger partial charge in [-0.3, -0.25) is 0 Å². The van der Waals surface area contributed by atoms with Crippen molar-refractivity contribution < 1.29 is 4.74 Å². The van der Waals surface area contributed by atoms with Crippen molar-refractivity contribution in [2.75, 3.05) is 13.1 Å². The molecule has 1 aliphatic heterocycles. The number of hydrogen-bond acceptors (Lipinski definition) is 2. The van der Waals surface area contributed by atoms with Crippen LogP contribution >= 0.6 is 0 Å². The summed E-state index contributed by atoms with van der Waals surface area (Å²) in [4.78, 5) is 0. The molecule has 18 heavy (non-hydrogen) atoms. The van der Waals surface area contributed by atoms with Crippen LogP contribution in [0.5, 0.6) is 5.75 Å². The van der Waals surface area contributed by atoms with E-state index in [1.54, 1.807) is 0 Å². The third-order valence-electron chi connectivity index (χ3n) is 3.78. The topological polar surface area (TPSA) is 21.3 Å². The van der Waals surface area contributed by atoms with Crippen molar-refractivity contribution in [3.63, 3.8) is 0 Å². The summed E-state index contributed by atoms with van der Waals surface area (Å²) in [6, 6.07) is 8.60. The van der Waals surface area contributed by atoms with Crippen LogP contribution in [0.25, 0.3) is 0 Å². The fourth-order valence-corrected chi connectivity index (χ4v) is 2.61. The molecule has 1 aliphatic rings. The number of ether oxygens (including phenoxy) is 1. The molecule has 1 N–H and O–H groups in total. The minimum absolute atomic E-state index is 0.249. The average molecular weight is 247 g/mol. The van der Waals surface area contributed by atoms with E-state index in [2.05, 4.69) is 50.4 Å². The Kier molecular flexibility index (Phi) is 4.65. The van der Waals surface area contributed by atoms with E-state index in [4.69, 9.17) is 4.74 Å². The first-order valence-electron chi connectivity index (χ1n) is 7.11. The van der Waals surface area contributed by atoms with E-state index in [-0.39, 0.29) is 6.10 Å². The predicted molar refractivity (Wildman–Crippen MR) is 76.1 cm³/mol. The first-order valence-corrected chi connectivity index (χ1v) is 7.11. The molecule has 1 saturated heterocycles. The maximum Gasteiger partial charge on any atom is 0.119 e. The van der Waals surface area contributed by atoms with Crippen molar-refractivity contribution in [3.05, 3.63) is 29.8 Å². The van der Waals surface area contributed by atoms with Crippen LogP contribution in [-0.2, 0) is 6.42 Å². The molecule has 2 nitrogen and oxygen atoms in total. The Bertz CT molecular complexity index is 358. The van der Waals surface area contributed by atoms with Crippen LogP contribution in [0, 0.1) is 11.8 Å². The van der Waals surface area contributed by atoms with Gasteiger partial charge in [-0.2, -0.15) is 0 Å². The fourth-order valence-electron chi connectivity index (χ4n) is 2.61. The molecule has 0 spiro atoms. The Morgan fingerprint density at radius 3 is 2.61 bits per heavy atom. The third kappa shape index (κ3) is 3.74. The van der Waals surface area contributed by atoms with Gasteiger partial charge >= 0.3 is 0 Å². The first kappa shape index (κ1) is 13.4. The second kappa shape index (κ2) is 6.24. The average Bonchev–Trinajstić information content (AvgIpc) is 2.34. The number of benzene rings is 1. The molecule has 1 fully saturated rings. The van der Waals surface area contributed by atoms with Crippen molar-refractivity contribution in [3.8, 4) is 5.75 Å². The van der Waals surface area contributed by atoms with Gasteiger partial charge in [-0.1, -0.05) is 19.1 Å². The van der Waals surface area contributed by atoms with Crippen molar-refractivity contribution in [1.82, 2.24) is 5.32 Å². The number of hydrogen-bond donors (Lipinski definition) is 1. The summed E-state index contributed by atoms with van der Waals surface area (Å²) in [7, 11) is 0. The zero-order chi connectivity index (χ0) is 13.0. The molecule has 0 aromatic heterocycles. The SMILES string of the molecule is CC(C)Oc1ccc(CC2CNCCC2C)cc1. The summed E-state index contributed by atoms with van der Waals surface area (Å²) in [6.45, 7) is 8.83. The monoisotopic (exact) mass is 247 g/mol. The van der Waals surface area contributed by atoms with Gasteiger partial charge in [0.15, 0.2) is 0 Å². The Labute approximate surface area is 111 Å². The highest BCUT2D eigenvalue weighted by Gasteiger charge is 2.20. The molecule has 1 aromatic carbocycles. The summed E-state index contributed by atoms with van der Waals surface area (Å²) >= 11 is 0. The lowest BCUT2D eigenvalue weighted by atomic mass is 9.83. The predicted octanol–water partition coefficient (Wildman–Crippen LogP) is 3.26. The lowest BCUT2D eigenvalue weighted by Gasteiger charge is -2.29. The Morgan fingerprint density at radius 2 is 2.00 bits per heavy atom. The van der Waals surface area contributed by atoms with E-state index in [9.17, 15) is 0 Å². The molecule has 2 heteroatoms. The van der Waals surface area contributed by atoms with Gasteiger partial charge in [-0.15, -0.1) is 0 Å². The number of nitrogens with one attached hydrogen (secondary N) is 1. The van der Waals surface area contributed by atoms with Crippen LogP contribution in [0.4, 0.5) is 0 Å². The van der Waals surface area contributed by atoms with Crippen molar-refractivity contribution in [1.29, 1.82) is 0 Å². The van der Waals surface area contributed by atoms with Crippen LogP contribution in [-0.4, -0.2) is 19.2 Å². The quantitative estimate of drug-likeness (QED) is 0.881. The smallest absolute Gasteiger partial charge is 0.119 e. The highest BCUT2D eigenvalue weighted by molar-refractivity contribution is 5.27. The lowest BCUT2D eigenvalue weighted by Crippen LogP contribution is -2.36. The van der Waals surface area contributed by atoms with Crippen molar-refractivity contribution >= 4 is 0 Å². The first-order chi connectivity index (χ1) is 8.65. The lowest BCUT2D eigenvalue weighted by molar-refractivity contribution is 0.242. The molecule has 100 valence electrons. The zero-order valence-corrected chi connectivity index (χ0v) is 11.8. The van der Waals surface area contributed by atoms with E-state index < -0.39 is 0 Å². The van der Waals surface area contributed by atoms with E-state index in [1.807, 2.05) is 0 Å². The summed E-state index contributed by atoms with van der Waals surface area (Å²) in [6.07, 6.45) is 2.73. The standard InChI is InChI=1S/C16H25NO/c1-12(2)18-16-6-4-14(5-7-16)10-15-11-17-9-8-13(15)3/h4-7,12-13,15,17H,8-11H2,1-3H3. The van der Waals surface area contributed by atoms with Gasteiger partial charge in [0.05, 0.1) is 6.10 Å². The van der Waals surface area contributed by atoms with Gasteiger partial charge in [-0.25, -0.2) is 0 Å². The Morgan fingerprint density at radius 1 is 1.28 bits per heavy atom. The third-order valence-corrected chi connectivity index (χ3v) is 3.78. The molecular weight excluding hydrogens is 222 g/mol. The van der Waals surface area contributed by atoms with Gasteiger partial charge < -0.3 is 10.1 Å². The zero-order valence-electron chi connectivity index (χ0n) is 11.8. The number of rotatable bonds is 4. The van der Waals surface area contributed by atoms with Gasteiger partial charge in [0.1, 0.15) is 5.75 Å². The maximum absolute atomic E-state index is 5.67. The van der Waals surface area contributed by atoms with Crippen molar-refractivity contribution in [2.24, 2.45) is 11.8 Å². The summed E-state index contributed by atoms with van der Waals surface area (Å²) < 4.78 is 5.67. The highest BCUT2D eigenvalue weighted by atomic mass is 16.5. The van der Waals surface area contributed by atoms with Crippen LogP contribution < -0.4 is 10.1 Å². The largest absolute Gasteiger partial charge is 0.491 e. The van der Waals surface area contributed by atoms with Crippen LogP contribution in [0.3, 0.4) is 0 Å². The minimum atomic E-state index is 0.249. The molecular formula is C16H25NO. The normalized spacial score (nSPS) is 24.2. The van der Waals surface area contributed by atoms with E-state index in [1.165, 1.54) is 24.9 Å². The van der Waals surface area contributed by atoms with E-state index >= 15 is 0 Å². The van der Waals surface area contributed by atoms with Crippen LogP contribution in [0.15, 0.2) is 24.3 Å². The van der Waals surface area contributed by atoms with Gasteiger partial charge in [0.2, 0.25) is 0 Å². The molecule has 0 radical (unpaired) electrons. The van der Waals surface area contributed by atoms with Gasteiger partial charge in [-0.05, 0) is 69.3 Å². The minimum Gasteiger partial charge on any atom is -0.491 e. The van der Waals surface area contributed by atoms with Crippen LogP contribution in [0.2, 0.25) is 0 Å². The second-order valence-corrected chi connectivity index (χ2v) is 5.74. The molecule has 1 aromatic rings. The fraction of sp³-hybridized carbons (Fsp3) is 0.625. The Balaban J connectivity index is 1.93. The Hall–Kier alpha value is -1.02. The summed E-state index contributed by atoms with van der Waals surface area (Å²) in [5, 5.41) is 3.50. The van der Waals surface area contributed by atoms with Crippen LogP contribution in [0.1, 0.15) is 32.8 Å². The summed E-state index contributed by atoms with van der Waals surface area (Å²) in [5.41, 5.74) is 1.42. The molecule has 0 bridgehead atoms. The molecule has 0 amide bonds. The second-order valence-electron chi connectivity index (χ2n) is 5.74. The summed E-state index contributed by atoms with van der Waals surface area (Å²) in [5.74, 6) is 2.58.